The van der Waals surface area contributed by atoms with Gasteiger partial charge in [0.05, 0.1) is 0 Å². The number of nitrogens with one attached hydrogen (secondary N) is 1. The monoisotopic (exact) mass is 296 g/mol. The minimum atomic E-state index is -0.384. The molecule has 0 saturated heterocycles. The maximum atomic E-state index is 13.6. The van der Waals surface area contributed by atoms with Crippen molar-refractivity contribution < 1.29 is 8.78 Å². The highest BCUT2D eigenvalue weighted by atomic mass is 35.5. The molecule has 20 heavy (non-hydrogen) atoms. The van der Waals surface area contributed by atoms with Gasteiger partial charge in [0.2, 0.25) is 0 Å². The van der Waals surface area contributed by atoms with Gasteiger partial charge in [0, 0.05) is 11.1 Å². The highest BCUT2D eigenvalue weighted by Gasteiger charge is 2.13. The number of benzene rings is 2. The van der Waals surface area contributed by atoms with E-state index in [2.05, 4.69) is 5.43 Å². The Bertz CT molecular complexity index is 590. The highest BCUT2D eigenvalue weighted by Crippen LogP contribution is 2.20. The first-order valence-electron chi connectivity index (χ1n) is 6.23. The number of halogens is 3. The summed E-state index contributed by atoms with van der Waals surface area (Å²) in [7, 11) is 0. The first-order valence-corrected chi connectivity index (χ1v) is 6.61. The minimum absolute atomic E-state index is 0.185. The van der Waals surface area contributed by atoms with Crippen LogP contribution in [-0.4, -0.2) is 6.04 Å². The van der Waals surface area contributed by atoms with E-state index in [9.17, 15) is 8.78 Å². The van der Waals surface area contributed by atoms with E-state index in [1.54, 1.807) is 24.3 Å². The molecule has 0 radical (unpaired) electrons. The molecule has 106 valence electrons. The Morgan fingerprint density at radius 1 is 1.05 bits per heavy atom. The third-order valence-electron chi connectivity index (χ3n) is 3.14. The molecule has 0 spiro atoms. The molecule has 0 aromatic heterocycles. The summed E-state index contributed by atoms with van der Waals surface area (Å²) >= 11 is 5.98. The molecule has 2 nitrogen and oxygen atoms in total. The summed E-state index contributed by atoms with van der Waals surface area (Å²) < 4.78 is 26.6. The van der Waals surface area contributed by atoms with Crippen molar-refractivity contribution in [2.24, 2.45) is 5.84 Å². The quantitative estimate of drug-likeness (QED) is 0.657. The fraction of sp³-hybridized carbons (Fsp3) is 0.200. The van der Waals surface area contributed by atoms with E-state index in [4.69, 9.17) is 17.4 Å². The normalized spacial score (nSPS) is 12.4. The summed E-state index contributed by atoms with van der Waals surface area (Å²) in [5.74, 6) is 4.86. The molecular formula is C15H15ClF2N2. The lowest BCUT2D eigenvalue weighted by Gasteiger charge is -2.17. The highest BCUT2D eigenvalue weighted by molar-refractivity contribution is 6.31. The van der Waals surface area contributed by atoms with Crippen molar-refractivity contribution in [3.05, 3.63) is 70.2 Å². The van der Waals surface area contributed by atoms with E-state index in [0.29, 0.717) is 23.4 Å². The molecular weight excluding hydrogens is 282 g/mol. The fourth-order valence-corrected chi connectivity index (χ4v) is 2.32. The second-order valence-electron chi connectivity index (χ2n) is 4.60. The van der Waals surface area contributed by atoms with E-state index < -0.39 is 0 Å². The molecule has 1 atom stereocenters. The van der Waals surface area contributed by atoms with E-state index in [0.717, 1.165) is 5.56 Å². The Labute approximate surface area is 121 Å². The molecule has 0 aliphatic carbocycles. The van der Waals surface area contributed by atoms with Gasteiger partial charge in [-0.3, -0.25) is 11.3 Å². The van der Waals surface area contributed by atoms with Crippen molar-refractivity contribution >= 4 is 11.6 Å². The zero-order valence-electron chi connectivity index (χ0n) is 10.7. The second-order valence-corrected chi connectivity index (χ2v) is 5.01. The molecule has 1 unspecified atom stereocenters. The summed E-state index contributed by atoms with van der Waals surface area (Å²) in [4.78, 5) is 0. The maximum Gasteiger partial charge on any atom is 0.126 e. The van der Waals surface area contributed by atoms with Crippen LogP contribution in [0.4, 0.5) is 8.78 Å². The van der Waals surface area contributed by atoms with Gasteiger partial charge in [0.25, 0.3) is 0 Å². The van der Waals surface area contributed by atoms with Gasteiger partial charge >= 0.3 is 0 Å². The molecule has 0 amide bonds. The molecule has 0 bridgehead atoms. The van der Waals surface area contributed by atoms with E-state index in [1.165, 1.54) is 18.2 Å². The molecule has 2 aromatic rings. The van der Waals surface area contributed by atoms with Gasteiger partial charge < -0.3 is 0 Å². The number of rotatable bonds is 5. The van der Waals surface area contributed by atoms with E-state index in [-0.39, 0.29) is 17.7 Å². The van der Waals surface area contributed by atoms with Crippen LogP contribution in [0.25, 0.3) is 0 Å². The molecule has 0 aliphatic rings. The van der Waals surface area contributed by atoms with Gasteiger partial charge in [-0.1, -0.05) is 35.9 Å². The lowest BCUT2D eigenvalue weighted by Crippen LogP contribution is -2.38. The Morgan fingerprint density at radius 3 is 2.40 bits per heavy atom. The molecule has 0 fully saturated rings. The van der Waals surface area contributed by atoms with Gasteiger partial charge in [-0.2, -0.15) is 0 Å². The summed E-state index contributed by atoms with van der Waals surface area (Å²) in [6.07, 6.45) is 0.917. The number of hydrogen-bond acceptors (Lipinski definition) is 2. The SMILES string of the molecule is NNC(Cc1ccccc1F)Cc1ccc(F)cc1Cl. The summed E-state index contributed by atoms with van der Waals surface area (Å²) in [5.41, 5.74) is 4.00. The predicted octanol–water partition coefficient (Wildman–Crippen LogP) is 3.24. The summed E-state index contributed by atoms with van der Waals surface area (Å²) in [5, 5.41) is 0.346. The van der Waals surface area contributed by atoms with Crippen LogP contribution < -0.4 is 11.3 Å². The number of nitrogens with two attached hydrogens (primary N) is 1. The topological polar surface area (TPSA) is 38.0 Å². The predicted molar refractivity (Wildman–Crippen MR) is 76.3 cm³/mol. The first kappa shape index (κ1) is 14.9. The van der Waals surface area contributed by atoms with Crippen LogP contribution >= 0.6 is 11.6 Å². The largest absolute Gasteiger partial charge is 0.271 e. The molecule has 5 heteroatoms. The maximum absolute atomic E-state index is 13.6. The third kappa shape index (κ3) is 3.76. The fourth-order valence-electron chi connectivity index (χ4n) is 2.07. The van der Waals surface area contributed by atoms with Crippen molar-refractivity contribution in [1.82, 2.24) is 5.43 Å². The molecule has 2 rings (SSSR count). The van der Waals surface area contributed by atoms with Gasteiger partial charge in [0.1, 0.15) is 11.6 Å². The van der Waals surface area contributed by atoms with Crippen LogP contribution in [0.15, 0.2) is 42.5 Å². The average Bonchev–Trinajstić information content (AvgIpc) is 2.43. The van der Waals surface area contributed by atoms with Crippen LogP contribution in [0.3, 0.4) is 0 Å². The molecule has 0 aliphatic heterocycles. The smallest absolute Gasteiger partial charge is 0.126 e. The molecule has 3 N–H and O–H groups in total. The zero-order chi connectivity index (χ0) is 14.5. The molecule has 0 saturated carbocycles. The molecule has 2 aromatic carbocycles. The van der Waals surface area contributed by atoms with Crippen LogP contribution in [0, 0.1) is 11.6 Å². The van der Waals surface area contributed by atoms with E-state index >= 15 is 0 Å². The lowest BCUT2D eigenvalue weighted by atomic mass is 9.99. The van der Waals surface area contributed by atoms with E-state index in [1.807, 2.05) is 0 Å². The Hall–Kier alpha value is -1.49. The number of hydrogen-bond donors (Lipinski definition) is 2. The Balaban J connectivity index is 2.11. The standard InChI is InChI=1S/C15H15ClF2N2/c16-14-9-12(17)6-5-10(14)7-13(20-19)8-11-3-1-2-4-15(11)18/h1-6,9,13,20H,7-8,19H2. The third-order valence-corrected chi connectivity index (χ3v) is 3.49. The van der Waals surface area contributed by atoms with Gasteiger partial charge in [-0.05, 0) is 42.2 Å². The van der Waals surface area contributed by atoms with Crippen LogP contribution in [-0.2, 0) is 12.8 Å². The lowest BCUT2D eigenvalue weighted by molar-refractivity contribution is 0.506. The van der Waals surface area contributed by atoms with Gasteiger partial charge in [-0.25, -0.2) is 8.78 Å². The number of hydrazine groups is 1. The Morgan fingerprint density at radius 2 is 1.75 bits per heavy atom. The van der Waals surface area contributed by atoms with Gasteiger partial charge in [0.15, 0.2) is 0 Å². The van der Waals surface area contributed by atoms with Crippen LogP contribution in [0.1, 0.15) is 11.1 Å². The van der Waals surface area contributed by atoms with Crippen molar-refractivity contribution in [3.63, 3.8) is 0 Å². The van der Waals surface area contributed by atoms with Crippen LogP contribution in [0.5, 0.6) is 0 Å². The van der Waals surface area contributed by atoms with Gasteiger partial charge in [-0.15, -0.1) is 0 Å². The van der Waals surface area contributed by atoms with Crippen molar-refractivity contribution in [1.29, 1.82) is 0 Å². The van der Waals surface area contributed by atoms with Crippen LogP contribution in [0.2, 0.25) is 5.02 Å². The second kappa shape index (κ2) is 6.79. The zero-order valence-corrected chi connectivity index (χ0v) is 11.5. The first-order chi connectivity index (χ1) is 9.60. The minimum Gasteiger partial charge on any atom is -0.271 e. The van der Waals surface area contributed by atoms with Crippen molar-refractivity contribution in [3.8, 4) is 0 Å². The Kier molecular flexibility index (Phi) is 5.06. The molecule has 0 heterocycles. The summed E-state index contributed by atoms with van der Waals surface area (Å²) in [6.45, 7) is 0. The van der Waals surface area contributed by atoms with Crippen molar-refractivity contribution in [2.75, 3.05) is 0 Å². The van der Waals surface area contributed by atoms with Crippen molar-refractivity contribution in [2.45, 2.75) is 18.9 Å². The summed E-state index contributed by atoms with van der Waals surface area (Å²) in [6, 6.07) is 10.6. The average molecular weight is 297 g/mol.